The molecule has 2 heterocycles. The summed E-state index contributed by atoms with van der Waals surface area (Å²) in [7, 11) is 0. The number of hydrogen-bond donors (Lipinski definition) is 2. The van der Waals surface area contributed by atoms with E-state index in [1.54, 1.807) is 23.6 Å². The number of carbonyl (C=O) groups excluding carboxylic acids is 1. The average molecular weight is 278 g/mol. The lowest BCUT2D eigenvalue weighted by Crippen LogP contribution is -2.25. The number of nitrogen functional groups attached to an aromatic ring is 1. The zero-order chi connectivity index (χ0) is 13.8. The molecule has 6 heteroatoms. The maximum atomic E-state index is 12.1. The molecule has 0 aromatic carbocycles. The Morgan fingerprint density at radius 2 is 2.32 bits per heavy atom. The third-order valence-electron chi connectivity index (χ3n) is 2.84. The molecule has 0 saturated carbocycles. The number of hydrogen-bond acceptors (Lipinski definition) is 4. The van der Waals surface area contributed by atoms with Gasteiger partial charge in [-0.25, -0.2) is 4.98 Å². The van der Waals surface area contributed by atoms with Gasteiger partial charge in [-0.15, -0.1) is 11.3 Å². The van der Waals surface area contributed by atoms with E-state index < -0.39 is 0 Å². The molecule has 102 valence electrons. The van der Waals surface area contributed by atoms with Crippen molar-refractivity contribution >= 4 is 22.9 Å². The molecule has 2 aromatic rings. The number of aryl methyl sites for hydroxylation is 2. The molecule has 0 fully saturated rings. The summed E-state index contributed by atoms with van der Waals surface area (Å²) in [6.07, 6.45) is 4.60. The van der Waals surface area contributed by atoms with E-state index in [2.05, 4.69) is 17.2 Å². The van der Waals surface area contributed by atoms with Gasteiger partial charge in [-0.1, -0.05) is 6.92 Å². The van der Waals surface area contributed by atoms with Crippen molar-refractivity contribution in [3.05, 3.63) is 34.0 Å². The third-order valence-corrected chi connectivity index (χ3v) is 3.98. The summed E-state index contributed by atoms with van der Waals surface area (Å²) in [4.78, 5) is 17.6. The molecule has 0 aliphatic heterocycles. The molecule has 5 nitrogen and oxygen atoms in total. The fraction of sp³-hybridized carbons (Fsp3) is 0.385. The van der Waals surface area contributed by atoms with E-state index in [0.29, 0.717) is 17.9 Å². The molecule has 0 bridgehead atoms. The van der Waals surface area contributed by atoms with Gasteiger partial charge in [0.15, 0.2) is 0 Å². The van der Waals surface area contributed by atoms with E-state index in [-0.39, 0.29) is 5.91 Å². The van der Waals surface area contributed by atoms with E-state index in [1.807, 2.05) is 17.7 Å². The first-order valence-electron chi connectivity index (χ1n) is 6.31. The van der Waals surface area contributed by atoms with Crippen molar-refractivity contribution in [3.8, 4) is 0 Å². The van der Waals surface area contributed by atoms with Gasteiger partial charge in [-0.05, 0) is 19.4 Å². The average Bonchev–Trinajstić information content (AvgIpc) is 3.01. The second-order valence-corrected chi connectivity index (χ2v) is 5.40. The summed E-state index contributed by atoms with van der Waals surface area (Å²) >= 11 is 1.63. The van der Waals surface area contributed by atoms with Crippen molar-refractivity contribution in [2.24, 2.45) is 0 Å². The summed E-state index contributed by atoms with van der Waals surface area (Å²) < 4.78 is 1.84. The lowest BCUT2D eigenvalue weighted by molar-refractivity contribution is 0.0941. The maximum Gasteiger partial charge on any atom is 0.268 e. The lowest BCUT2D eigenvalue weighted by Gasteiger charge is -2.06. The molecule has 0 unspecified atom stereocenters. The van der Waals surface area contributed by atoms with Crippen molar-refractivity contribution < 1.29 is 4.79 Å². The highest BCUT2D eigenvalue weighted by atomic mass is 32.1. The molecular weight excluding hydrogens is 260 g/mol. The molecular formula is C13H18N4OS. The number of nitrogens with zero attached hydrogens (tertiary/aromatic N) is 2. The van der Waals surface area contributed by atoms with Crippen molar-refractivity contribution in [3.63, 3.8) is 0 Å². The number of nitrogens with one attached hydrogen (secondary N) is 1. The van der Waals surface area contributed by atoms with Crippen LogP contribution in [-0.2, 0) is 19.5 Å². The van der Waals surface area contributed by atoms with Gasteiger partial charge in [0.1, 0.15) is 10.7 Å². The largest absolute Gasteiger partial charge is 0.397 e. The van der Waals surface area contributed by atoms with Gasteiger partial charge in [0.25, 0.3) is 5.91 Å². The molecule has 3 N–H and O–H groups in total. The predicted molar refractivity (Wildman–Crippen MR) is 77.2 cm³/mol. The van der Waals surface area contributed by atoms with Crippen LogP contribution in [0.2, 0.25) is 0 Å². The first kappa shape index (κ1) is 13.6. The zero-order valence-corrected chi connectivity index (χ0v) is 12.0. The molecule has 2 aromatic heterocycles. The van der Waals surface area contributed by atoms with E-state index in [4.69, 9.17) is 5.73 Å². The van der Waals surface area contributed by atoms with Crippen molar-refractivity contribution in [1.29, 1.82) is 0 Å². The SMILES string of the molecule is CCc1cnc(CNC(=O)c2cc(N)cn2CC)s1. The Kier molecular flexibility index (Phi) is 4.21. The quantitative estimate of drug-likeness (QED) is 0.879. The molecule has 0 spiro atoms. The van der Waals surface area contributed by atoms with Gasteiger partial charge >= 0.3 is 0 Å². The van der Waals surface area contributed by atoms with Crippen molar-refractivity contribution in [2.45, 2.75) is 33.4 Å². The van der Waals surface area contributed by atoms with E-state index in [1.165, 1.54) is 4.88 Å². The Bertz CT molecular complexity index is 573. The van der Waals surface area contributed by atoms with Crippen LogP contribution in [0.25, 0.3) is 0 Å². The van der Waals surface area contributed by atoms with Gasteiger partial charge in [0.05, 0.1) is 12.2 Å². The molecule has 2 rings (SSSR count). The Morgan fingerprint density at radius 3 is 2.95 bits per heavy atom. The standard InChI is InChI=1S/C13H18N4OS/c1-3-10-6-15-12(19-10)7-16-13(18)11-5-9(14)8-17(11)4-2/h5-6,8H,3-4,7,14H2,1-2H3,(H,16,18). The van der Waals surface area contributed by atoms with Crippen LogP contribution in [0, 0.1) is 0 Å². The minimum atomic E-state index is -0.119. The van der Waals surface area contributed by atoms with Gasteiger partial charge in [0.2, 0.25) is 0 Å². The summed E-state index contributed by atoms with van der Waals surface area (Å²) in [5.41, 5.74) is 6.91. The monoisotopic (exact) mass is 278 g/mol. The Balaban J connectivity index is 2.00. The normalized spacial score (nSPS) is 10.6. The fourth-order valence-electron chi connectivity index (χ4n) is 1.82. The number of anilines is 1. The second-order valence-electron chi connectivity index (χ2n) is 4.20. The molecule has 0 aliphatic rings. The highest BCUT2D eigenvalue weighted by Crippen LogP contribution is 2.14. The van der Waals surface area contributed by atoms with Crippen LogP contribution < -0.4 is 11.1 Å². The Labute approximate surface area is 116 Å². The number of nitrogens with two attached hydrogens (primary N) is 1. The summed E-state index contributed by atoms with van der Waals surface area (Å²) in [6.45, 7) is 5.24. The highest BCUT2D eigenvalue weighted by Gasteiger charge is 2.12. The summed E-state index contributed by atoms with van der Waals surface area (Å²) in [6, 6.07) is 1.69. The van der Waals surface area contributed by atoms with Gasteiger partial charge in [-0.3, -0.25) is 4.79 Å². The topological polar surface area (TPSA) is 72.9 Å². The Hall–Kier alpha value is -1.82. The molecule has 0 saturated heterocycles. The minimum Gasteiger partial charge on any atom is -0.397 e. The highest BCUT2D eigenvalue weighted by molar-refractivity contribution is 7.11. The van der Waals surface area contributed by atoms with Crippen LogP contribution in [-0.4, -0.2) is 15.5 Å². The number of amides is 1. The lowest BCUT2D eigenvalue weighted by atomic mass is 10.4. The van der Waals surface area contributed by atoms with E-state index >= 15 is 0 Å². The van der Waals surface area contributed by atoms with Crippen LogP contribution in [0.1, 0.15) is 34.2 Å². The number of aromatic nitrogens is 2. The maximum absolute atomic E-state index is 12.1. The number of thiazole rings is 1. The van der Waals surface area contributed by atoms with Crippen LogP contribution in [0.4, 0.5) is 5.69 Å². The van der Waals surface area contributed by atoms with E-state index in [9.17, 15) is 4.79 Å². The third kappa shape index (κ3) is 3.14. The Morgan fingerprint density at radius 1 is 1.53 bits per heavy atom. The number of carbonyl (C=O) groups is 1. The summed E-state index contributed by atoms with van der Waals surface area (Å²) in [5, 5.41) is 3.80. The predicted octanol–water partition coefficient (Wildman–Crippen LogP) is 2.04. The van der Waals surface area contributed by atoms with Crippen LogP contribution in [0.15, 0.2) is 18.5 Å². The first-order chi connectivity index (χ1) is 9.13. The van der Waals surface area contributed by atoms with Gasteiger partial charge in [0, 0.05) is 23.8 Å². The van der Waals surface area contributed by atoms with Gasteiger partial charge < -0.3 is 15.6 Å². The van der Waals surface area contributed by atoms with Crippen LogP contribution >= 0.6 is 11.3 Å². The van der Waals surface area contributed by atoms with Crippen LogP contribution in [0.5, 0.6) is 0 Å². The number of rotatable bonds is 5. The smallest absolute Gasteiger partial charge is 0.268 e. The van der Waals surface area contributed by atoms with E-state index in [0.717, 1.165) is 18.0 Å². The van der Waals surface area contributed by atoms with Crippen molar-refractivity contribution in [1.82, 2.24) is 14.9 Å². The second kappa shape index (κ2) is 5.88. The molecule has 0 radical (unpaired) electrons. The summed E-state index contributed by atoms with van der Waals surface area (Å²) in [5.74, 6) is -0.119. The van der Waals surface area contributed by atoms with Gasteiger partial charge in [-0.2, -0.15) is 0 Å². The molecule has 0 aliphatic carbocycles. The fourth-order valence-corrected chi connectivity index (χ4v) is 2.63. The minimum absolute atomic E-state index is 0.119. The first-order valence-corrected chi connectivity index (χ1v) is 7.13. The molecule has 0 atom stereocenters. The van der Waals surface area contributed by atoms with Crippen LogP contribution in [0.3, 0.4) is 0 Å². The zero-order valence-electron chi connectivity index (χ0n) is 11.1. The molecule has 1 amide bonds. The van der Waals surface area contributed by atoms with Crippen molar-refractivity contribution in [2.75, 3.05) is 5.73 Å². The molecule has 19 heavy (non-hydrogen) atoms.